The molecule has 5 heteroatoms. The van der Waals surface area contributed by atoms with Crippen molar-refractivity contribution in [3.8, 4) is 11.5 Å². The van der Waals surface area contributed by atoms with Gasteiger partial charge in [0.15, 0.2) is 0 Å². The van der Waals surface area contributed by atoms with Crippen LogP contribution in [0, 0.1) is 12.8 Å². The van der Waals surface area contributed by atoms with E-state index in [2.05, 4.69) is 15.5 Å². The molecule has 1 aliphatic rings. The zero-order valence-corrected chi connectivity index (χ0v) is 11.6. The first-order chi connectivity index (χ1) is 9.83. The van der Waals surface area contributed by atoms with Gasteiger partial charge in [0.25, 0.3) is 0 Å². The number of nitrogens with one attached hydrogen (secondary N) is 1. The Bertz CT molecular complexity index is 562. The third kappa shape index (κ3) is 2.99. The molecule has 106 valence electrons. The Balaban J connectivity index is 1.72. The number of para-hydroxylation sites is 1. The second kappa shape index (κ2) is 6.05. The maximum absolute atomic E-state index is 5.52. The van der Waals surface area contributed by atoms with Crippen molar-refractivity contribution in [1.82, 2.24) is 10.2 Å². The standard InChI is InChI=1S/C15H19N3O2/c1-11-17-18-15(20-11)13-4-2-3-5-14(13)16-10-12-6-8-19-9-7-12/h2-5,12,16H,6-10H2,1H3. The maximum atomic E-state index is 5.52. The number of hydrogen-bond donors (Lipinski definition) is 1. The van der Waals surface area contributed by atoms with Crippen molar-refractivity contribution in [2.24, 2.45) is 5.92 Å². The minimum atomic E-state index is 0.567. The lowest BCUT2D eigenvalue weighted by Crippen LogP contribution is -2.22. The molecule has 0 saturated carbocycles. The lowest BCUT2D eigenvalue weighted by atomic mass is 10.00. The zero-order chi connectivity index (χ0) is 13.8. The van der Waals surface area contributed by atoms with E-state index in [4.69, 9.17) is 9.15 Å². The zero-order valence-electron chi connectivity index (χ0n) is 11.6. The smallest absolute Gasteiger partial charge is 0.249 e. The van der Waals surface area contributed by atoms with Gasteiger partial charge in [-0.05, 0) is 30.9 Å². The molecule has 0 spiro atoms. The average molecular weight is 273 g/mol. The van der Waals surface area contributed by atoms with E-state index in [9.17, 15) is 0 Å². The van der Waals surface area contributed by atoms with Gasteiger partial charge in [-0.1, -0.05) is 12.1 Å². The number of nitrogens with zero attached hydrogens (tertiary/aromatic N) is 2. The number of aryl methyl sites for hydroxylation is 1. The molecular formula is C15H19N3O2. The van der Waals surface area contributed by atoms with Gasteiger partial charge in [0.2, 0.25) is 11.8 Å². The van der Waals surface area contributed by atoms with Crippen molar-refractivity contribution in [3.05, 3.63) is 30.2 Å². The summed E-state index contributed by atoms with van der Waals surface area (Å²) >= 11 is 0. The first kappa shape index (κ1) is 13.1. The van der Waals surface area contributed by atoms with E-state index in [0.717, 1.165) is 43.9 Å². The molecule has 0 radical (unpaired) electrons. The predicted molar refractivity (Wildman–Crippen MR) is 76.5 cm³/mol. The number of hydrogen-bond acceptors (Lipinski definition) is 5. The summed E-state index contributed by atoms with van der Waals surface area (Å²) in [5.74, 6) is 1.82. The summed E-state index contributed by atoms with van der Waals surface area (Å²) in [5.41, 5.74) is 2.00. The van der Waals surface area contributed by atoms with Gasteiger partial charge >= 0.3 is 0 Å². The minimum Gasteiger partial charge on any atom is -0.421 e. The van der Waals surface area contributed by atoms with E-state index in [1.165, 1.54) is 0 Å². The fourth-order valence-corrected chi connectivity index (χ4v) is 2.43. The Kier molecular flexibility index (Phi) is 3.97. The molecular weight excluding hydrogens is 254 g/mol. The molecule has 1 saturated heterocycles. The first-order valence-electron chi connectivity index (χ1n) is 7.04. The molecule has 20 heavy (non-hydrogen) atoms. The number of benzene rings is 1. The van der Waals surface area contributed by atoms with Gasteiger partial charge in [0, 0.05) is 32.4 Å². The van der Waals surface area contributed by atoms with Crippen LogP contribution in [0.1, 0.15) is 18.7 Å². The molecule has 1 aliphatic heterocycles. The highest BCUT2D eigenvalue weighted by molar-refractivity contribution is 5.72. The Morgan fingerprint density at radius 1 is 1.20 bits per heavy atom. The quantitative estimate of drug-likeness (QED) is 0.928. The first-order valence-corrected chi connectivity index (χ1v) is 7.04. The van der Waals surface area contributed by atoms with Gasteiger partial charge < -0.3 is 14.5 Å². The molecule has 1 aromatic carbocycles. The van der Waals surface area contributed by atoms with Gasteiger partial charge in [-0.3, -0.25) is 0 Å². The van der Waals surface area contributed by atoms with Crippen molar-refractivity contribution in [1.29, 1.82) is 0 Å². The minimum absolute atomic E-state index is 0.567. The van der Waals surface area contributed by atoms with Crippen LogP contribution in [0.25, 0.3) is 11.5 Å². The fraction of sp³-hybridized carbons (Fsp3) is 0.467. The van der Waals surface area contributed by atoms with Gasteiger partial charge in [0.1, 0.15) is 0 Å². The van der Waals surface area contributed by atoms with E-state index in [1.54, 1.807) is 6.92 Å². The van der Waals surface area contributed by atoms with Crippen molar-refractivity contribution >= 4 is 5.69 Å². The summed E-state index contributed by atoms with van der Waals surface area (Å²) in [6, 6.07) is 8.04. The highest BCUT2D eigenvalue weighted by Crippen LogP contribution is 2.27. The Morgan fingerprint density at radius 3 is 2.75 bits per heavy atom. The molecule has 0 unspecified atom stereocenters. The van der Waals surface area contributed by atoms with Crippen molar-refractivity contribution < 1.29 is 9.15 Å². The third-order valence-electron chi connectivity index (χ3n) is 3.61. The van der Waals surface area contributed by atoms with E-state index in [-0.39, 0.29) is 0 Å². The van der Waals surface area contributed by atoms with Crippen LogP contribution in [0.2, 0.25) is 0 Å². The molecule has 3 rings (SSSR count). The van der Waals surface area contributed by atoms with Crippen LogP contribution in [0.15, 0.2) is 28.7 Å². The van der Waals surface area contributed by atoms with Gasteiger partial charge in [0.05, 0.1) is 5.56 Å². The van der Waals surface area contributed by atoms with Crippen LogP contribution in [0.4, 0.5) is 5.69 Å². The monoisotopic (exact) mass is 273 g/mol. The number of aromatic nitrogens is 2. The normalized spacial score (nSPS) is 16.2. The van der Waals surface area contributed by atoms with Crippen LogP contribution in [-0.4, -0.2) is 30.0 Å². The lowest BCUT2D eigenvalue weighted by molar-refractivity contribution is 0.0699. The van der Waals surface area contributed by atoms with Crippen LogP contribution >= 0.6 is 0 Å². The lowest BCUT2D eigenvalue weighted by Gasteiger charge is -2.23. The summed E-state index contributed by atoms with van der Waals surface area (Å²) in [4.78, 5) is 0. The van der Waals surface area contributed by atoms with E-state index < -0.39 is 0 Å². The van der Waals surface area contributed by atoms with Gasteiger partial charge in [-0.2, -0.15) is 0 Å². The summed E-state index contributed by atoms with van der Waals surface area (Å²) in [6.07, 6.45) is 2.24. The van der Waals surface area contributed by atoms with Crippen molar-refractivity contribution in [2.45, 2.75) is 19.8 Å². The topological polar surface area (TPSA) is 60.2 Å². The summed E-state index contributed by atoms with van der Waals surface area (Å²) in [6.45, 7) is 4.50. The fourth-order valence-electron chi connectivity index (χ4n) is 2.43. The van der Waals surface area contributed by atoms with Gasteiger partial charge in [-0.15, -0.1) is 10.2 Å². The van der Waals surface area contributed by atoms with Crippen LogP contribution in [0.5, 0.6) is 0 Å². The average Bonchev–Trinajstić information content (AvgIpc) is 2.93. The molecule has 0 bridgehead atoms. The van der Waals surface area contributed by atoms with Crippen LogP contribution in [0.3, 0.4) is 0 Å². The van der Waals surface area contributed by atoms with Crippen molar-refractivity contribution in [3.63, 3.8) is 0 Å². The second-order valence-electron chi connectivity index (χ2n) is 5.11. The van der Waals surface area contributed by atoms with Crippen LogP contribution < -0.4 is 5.32 Å². The summed E-state index contributed by atoms with van der Waals surface area (Å²) < 4.78 is 10.9. The molecule has 5 nitrogen and oxygen atoms in total. The molecule has 2 heterocycles. The molecule has 1 fully saturated rings. The van der Waals surface area contributed by atoms with Crippen molar-refractivity contribution in [2.75, 3.05) is 25.1 Å². The molecule has 0 aliphatic carbocycles. The van der Waals surface area contributed by atoms with Gasteiger partial charge in [-0.25, -0.2) is 0 Å². The molecule has 2 aromatic rings. The molecule has 0 atom stereocenters. The Hall–Kier alpha value is -1.88. The summed E-state index contributed by atoms with van der Waals surface area (Å²) in [5, 5.41) is 11.5. The number of anilines is 1. The Labute approximate surface area is 118 Å². The molecule has 1 N–H and O–H groups in total. The predicted octanol–water partition coefficient (Wildman–Crippen LogP) is 2.88. The number of ether oxygens (including phenoxy) is 1. The summed E-state index contributed by atoms with van der Waals surface area (Å²) in [7, 11) is 0. The van der Waals surface area contributed by atoms with E-state index in [0.29, 0.717) is 17.7 Å². The SMILES string of the molecule is Cc1nnc(-c2ccccc2NCC2CCOCC2)o1. The largest absolute Gasteiger partial charge is 0.421 e. The van der Waals surface area contributed by atoms with Crippen LogP contribution in [-0.2, 0) is 4.74 Å². The van der Waals surface area contributed by atoms with E-state index >= 15 is 0 Å². The van der Waals surface area contributed by atoms with E-state index in [1.807, 2.05) is 24.3 Å². The molecule has 0 amide bonds. The second-order valence-corrected chi connectivity index (χ2v) is 5.11. The molecule has 1 aromatic heterocycles. The highest BCUT2D eigenvalue weighted by atomic mass is 16.5. The maximum Gasteiger partial charge on any atom is 0.249 e. The highest BCUT2D eigenvalue weighted by Gasteiger charge is 2.15. The Morgan fingerprint density at radius 2 is 2.00 bits per heavy atom. The third-order valence-corrected chi connectivity index (χ3v) is 3.61. The number of rotatable bonds is 4.